The van der Waals surface area contributed by atoms with Crippen LogP contribution >= 0.6 is 0 Å². The van der Waals surface area contributed by atoms with Crippen molar-refractivity contribution in [2.24, 2.45) is 0 Å². The van der Waals surface area contributed by atoms with E-state index in [-0.39, 0.29) is 24.9 Å². The number of hydrogen-bond donors (Lipinski definition) is 3. The van der Waals surface area contributed by atoms with Gasteiger partial charge in [-0.2, -0.15) is 0 Å². The zero-order chi connectivity index (χ0) is 44.5. The number of carbonyl (C=O) groups is 2. The van der Waals surface area contributed by atoms with Crippen LogP contribution in [0.4, 0.5) is 0 Å². The van der Waals surface area contributed by atoms with Gasteiger partial charge in [-0.05, 0) is 57.8 Å². The minimum absolute atomic E-state index is 0.0424. The van der Waals surface area contributed by atoms with E-state index in [9.17, 15) is 19.8 Å². The Balaban J connectivity index is 4.62. The number of aliphatic hydroxyl groups is 2. The summed E-state index contributed by atoms with van der Waals surface area (Å²) in [6.45, 7) is 6.37. The predicted octanol–water partition coefficient (Wildman–Crippen LogP) is 15.8. The number of ether oxygens (including phenoxy) is 1. The van der Waals surface area contributed by atoms with Crippen molar-refractivity contribution >= 4 is 11.9 Å². The van der Waals surface area contributed by atoms with Crippen LogP contribution in [-0.2, 0) is 14.3 Å². The number of aliphatic hydroxyl groups excluding tert-OH is 2. The molecule has 0 spiro atoms. The van der Waals surface area contributed by atoms with Crippen LogP contribution in [-0.4, -0.2) is 46.9 Å². The van der Waals surface area contributed by atoms with E-state index >= 15 is 0 Å². The maximum absolute atomic E-state index is 13.2. The van der Waals surface area contributed by atoms with E-state index in [0.29, 0.717) is 19.3 Å². The van der Waals surface area contributed by atoms with Crippen molar-refractivity contribution in [3.8, 4) is 0 Å². The number of carbonyl (C=O) groups excluding carboxylic acids is 2. The summed E-state index contributed by atoms with van der Waals surface area (Å²) in [4.78, 5) is 26.1. The van der Waals surface area contributed by atoms with Crippen LogP contribution in [0.2, 0.25) is 0 Å². The van der Waals surface area contributed by atoms with Gasteiger partial charge in [0.25, 0.3) is 0 Å². The molecule has 0 aromatic heterocycles. The normalized spacial score (nSPS) is 13.6. The van der Waals surface area contributed by atoms with E-state index in [2.05, 4.69) is 74.7 Å². The monoisotopic (exact) mass is 856 g/mol. The van der Waals surface area contributed by atoms with Crippen LogP contribution in [0, 0.1) is 0 Å². The molecule has 61 heavy (non-hydrogen) atoms. The summed E-state index contributed by atoms with van der Waals surface area (Å²) in [5, 5.41) is 23.8. The maximum atomic E-state index is 13.2. The minimum Gasteiger partial charge on any atom is -0.462 e. The molecule has 0 saturated carbocycles. The largest absolute Gasteiger partial charge is 0.462 e. The highest BCUT2D eigenvalue weighted by atomic mass is 16.5. The van der Waals surface area contributed by atoms with E-state index in [1.165, 1.54) is 141 Å². The second kappa shape index (κ2) is 48.8. The summed E-state index contributed by atoms with van der Waals surface area (Å²) in [7, 11) is 0. The summed E-state index contributed by atoms with van der Waals surface area (Å²) in [5.74, 6) is -0.520. The second-order valence-electron chi connectivity index (χ2n) is 17.9. The van der Waals surface area contributed by atoms with Crippen LogP contribution < -0.4 is 5.32 Å². The van der Waals surface area contributed by atoms with Gasteiger partial charge in [0, 0.05) is 6.42 Å². The third-order valence-electron chi connectivity index (χ3n) is 11.9. The number of unbranched alkanes of at least 4 members (excludes halogenated alkanes) is 27. The lowest BCUT2D eigenvalue weighted by atomic mass is 10.0. The van der Waals surface area contributed by atoms with E-state index in [1.54, 1.807) is 0 Å². The first-order valence-electron chi connectivity index (χ1n) is 26.4. The van der Waals surface area contributed by atoms with E-state index < -0.39 is 18.2 Å². The molecule has 6 heteroatoms. The molecule has 0 aliphatic heterocycles. The van der Waals surface area contributed by atoms with Gasteiger partial charge in [-0.3, -0.25) is 9.59 Å². The molecule has 1 amide bonds. The van der Waals surface area contributed by atoms with Crippen LogP contribution in [0.3, 0.4) is 0 Å². The molecule has 0 saturated heterocycles. The topological polar surface area (TPSA) is 95.9 Å². The first-order valence-corrected chi connectivity index (χ1v) is 26.4. The molecule has 0 radical (unpaired) electrons. The van der Waals surface area contributed by atoms with Gasteiger partial charge in [-0.1, -0.05) is 243 Å². The third-order valence-corrected chi connectivity index (χ3v) is 11.9. The Morgan fingerprint density at radius 3 is 1.31 bits per heavy atom. The molecule has 3 unspecified atom stereocenters. The average molecular weight is 856 g/mol. The van der Waals surface area contributed by atoms with Crippen LogP contribution in [0.1, 0.15) is 265 Å². The molecular formula is C55H101NO5. The molecule has 0 aliphatic rings. The molecule has 0 aromatic carbocycles. The molecule has 6 nitrogen and oxygen atoms in total. The van der Waals surface area contributed by atoms with Crippen molar-refractivity contribution in [3.63, 3.8) is 0 Å². The Labute approximate surface area is 378 Å². The summed E-state index contributed by atoms with van der Waals surface area (Å²) < 4.78 is 5.91. The maximum Gasteiger partial charge on any atom is 0.306 e. The first kappa shape index (κ1) is 58.8. The smallest absolute Gasteiger partial charge is 0.306 e. The zero-order valence-corrected chi connectivity index (χ0v) is 40.5. The van der Waals surface area contributed by atoms with Crippen molar-refractivity contribution in [1.29, 1.82) is 0 Å². The van der Waals surface area contributed by atoms with Crippen molar-refractivity contribution in [1.82, 2.24) is 5.32 Å². The summed E-state index contributed by atoms with van der Waals surface area (Å²) in [6.07, 6.45) is 58.9. The minimum atomic E-state index is -0.800. The van der Waals surface area contributed by atoms with Gasteiger partial charge in [-0.25, -0.2) is 0 Å². The Kier molecular flexibility index (Phi) is 47.1. The van der Waals surface area contributed by atoms with Crippen molar-refractivity contribution in [3.05, 3.63) is 48.6 Å². The standard InChI is InChI=1S/C55H101NO5/c1-4-7-10-13-16-19-22-25-28-31-34-37-40-43-46-51(61-55(60)48-45-42-39-36-33-30-27-24-21-18-15-12-9-6-3)49-54(59)56-52(50-57)53(58)47-44-41-38-35-32-29-26-23-20-17-14-11-8-5-2/h7,10,16,19,25,28,34,37,51-53,57-58H,4-6,8-9,11-15,17-18,20-24,26-27,29-33,35-36,38-50H2,1-3H3,(H,56,59)/b10-7+,19-16+,28-25+,37-34+. The van der Waals surface area contributed by atoms with Gasteiger partial charge in [0.2, 0.25) is 5.91 Å². The summed E-state index contributed by atoms with van der Waals surface area (Å²) >= 11 is 0. The zero-order valence-electron chi connectivity index (χ0n) is 40.5. The van der Waals surface area contributed by atoms with Gasteiger partial charge in [0.1, 0.15) is 6.10 Å². The van der Waals surface area contributed by atoms with Gasteiger partial charge in [0.15, 0.2) is 0 Å². The number of esters is 1. The van der Waals surface area contributed by atoms with E-state index in [1.807, 2.05) is 0 Å². The predicted molar refractivity (Wildman–Crippen MR) is 264 cm³/mol. The molecule has 0 heterocycles. The van der Waals surface area contributed by atoms with Crippen molar-refractivity contribution in [2.45, 2.75) is 283 Å². The molecule has 0 bridgehead atoms. The van der Waals surface area contributed by atoms with Crippen molar-refractivity contribution in [2.75, 3.05) is 6.61 Å². The van der Waals surface area contributed by atoms with Crippen molar-refractivity contribution < 1.29 is 24.5 Å². The lowest BCUT2D eigenvalue weighted by Crippen LogP contribution is -2.46. The van der Waals surface area contributed by atoms with E-state index in [4.69, 9.17) is 4.74 Å². The Morgan fingerprint density at radius 2 is 0.885 bits per heavy atom. The molecule has 0 rings (SSSR count). The van der Waals surface area contributed by atoms with Crippen LogP contribution in [0.25, 0.3) is 0 Å². The number of hydrogen-bond acceptors (Lipinski definition) is 5. The molecule has 3 atom stereocenters. The lowest BCUT2D eigenvalue weighted by Gasteiger charge is -2.24. The summed E-state index contributed by atoms with van der Waals surface area (Å²) in [6, 6.07) is -0.717. The highest BCUT2D eigenvalue weighted by Crippen LogP contribution is 2.18. The molecule has 3 N–H and O–H groups in total. The second-order valence-corrected chi connectivity index (χ2v) is 17.9. The fourth-order valence-electron chi connectivity index (χ4n) is 7.96. The highest BCUT2D eigenvalue weighted by molar-refractivity contribution is 5.77. The van der Waals surface area contributed by atoms with Gasteiger partial charge in [0.05, 0.1) is 25.2 Å². The first-order chi connectivity index (χ1) is 30.0. The summed E-state index contributed by atoms with van der Waals surface area (Å²) in [5.41, 5.74) is 0. The van der Waals surface area contributed by atoms with Crippen LogP contribution in [0.15, 0.2) is 48.6 Å². The number of amides is 1. The molecular weight excluding hydrogens is 755 g/mol. The van der Waals surface area contributed by atoms with Gasteiger partial charge < -0.3 is 20.3 Å². The fourth-order valence-corrected chi connectivity index (χ4v) is 7.96. The van der Waals surface area contributed by atoms with E-state index in [0.717, 1.165) is 77.0 Å². The fraction of sp³-hybridized carbons (Fsp3) is 0.818. The number of allylic oxidation sites excluding steroid dienone is 8. The quantitative estimate of drug-likeness (QED) is 0.0322. The number of rotatable bonds is 47. The van der Waals surface area contributed by atoms with Gasteiger partial charge >= 0.3 is 5.97 Å². The Hall–Kier alpha value is -2.18. The molecule has 0 fully saturated rings. The SMILES string of the molecule is CC/C=C/C/C=C/C/C=C/C/C=C/CCCC(CC(=O)NC(CO)C(O)CCCCCCCCCCCCCCCC)OC(=O)CCCCCCCCCCCCCCCC. The van der Waals surface area contributed by atoms with Gasteiger partial charge in [-0.15, -0.1) is 0 Å². The Morgan fingerprint density at radius 1 is 0.492 bits per heavy atom. The molecule has 0 aliphatic carbocycles. The lowest BCUT2D eigenvalue weighted by molar-refractivity contribution is -0.151. The van der Waals surface area contributed by atoms with Crippen LogP contribution in [0.5, 0.6) is 0 Å². The highest BCUT2D eigenvalue weighted by Gasteiger charge is 2.24. The average Bonchev–Trinajstić information content (AvgIpc) is 3.25. The number of nitrogens with one attached hydrogen (secondary N) is 1. The molecule has 356 valence electrons. The Bertz CT molecular complexity index is 1050. The third kappa shape index (κ3) is 44.2. The molecule has 0 aromatic rings.